The number of aliphatic hydroxyl groups excluding tert-OH is 1. The van der Waals surface area contributed by atoms with E-state index in [-0.39, 0.29) is 6.10 Å². The van der Waals surface area contributed by atoms with Gasteiger partial charge < -0.3 is 16.2 Å². The zero-order chi connectivity index (χ0) is 13.9. The molecular weight excluding hydrogens is 250 g/mol. The van der Waals surface area contributed by atoms with Gasteiger partial charge in [-0.15, -0.1) is 0 Å². The summed E-state index contributed by atoms with van der Waals surface area (Å²) in [6.07, 6.45) is 5.83. The van der Waals surface area contributed by atoms with Crippen LogP contribution in [-0.2, 0) is 0 Å². The van der Waals surface area contributed by atoms with Crippen molar-refractivity contribution in [2.75, 3.05) is 17.6 Å². The van der Waals surface area contributed by atoms with Crippen LogP contribution in [0.3, 0.4) is 0 Å². The molecule has 4 heteroatoms. The van der Waals surface area contributed by atoms with Gasteiger partial charge in [-0.2, -0.15) is 0 Å². The molecule has 0 amide bonds. The largest absolute Gasteiger partial charge is 0.397 e. The van der Waals surface area contributed by atoms with Gasteiger partial charge in [0.2, 0.25) is 0 Å². The third-order valence-corrected chi connectivity index (χ3v) is 4.14. The highest BCUT2D eigenvalue weighted by Crippen LogP contribution is 2.28. The SMILES string of the molecule is Nc1cccc2c(NCC3CCCC(O)C3)ccnc12. The van der Waals surface area contributed by atoms with Gasteiger partial charge in [0.25, 0.3) is 0 Å². The van der Waals surface area contributed by atoms with Crippen molar-refractivity contribution in [2.45, 2.75) is 31.8 Å². The standard InChI is InChI=1S/C16H21N3O/c17-14-6-2-5-13-15(7-8-18-16(13)14)19-10-11-3-1-4-12(20)9-11/h2,5-8,11-12,20H,1,3-4,9-10,17H2,(H,18,19). The number of pyridine rings is 1. The summed E-state index contributed by atoms with van der Waals surface area (Å²) >= 11 is 0. The van der Waals surface area contributed by atoms with E-state index in [1.807, 2.05) is 24.3 Å². The topological polar surface area (TPSA) is 71.2 Å². The lowest BCUT2D eigenvalue weighted by Gasteiger charge is -2.26. The van der Waals surface area contributed by atoms with Crippen LogP contribution >= 0.6 is 0 Å². The Bertz CT molecular complexity index is 599. The van der Waals surface area contributed by atoms with E-state index in [1.54, 1.807) is 6.20 Å². The molecule has 0 spiro atoms. The number of anilines is 2. The summed E-state index contributed by atoms with van der Waals surface area (Å²) in [6.45, 7) is 0.894. The number of nitrogens with two attached hydrogens (primary N) is 1. The van der Waals surface area contributed by atoms with Gasteiger partial charge in [0, 0.05) is 23.8 Å². The highest BCUT2D eigenvalue weighted by molar-refractivity contribution is 5.97. The molecule has 0 aliphatic heterocycles. The van der Waals surface area contributed by atoms with Gasteiger partial charge in [-0.1, -0.05) is 18.6 Å². The van der Waals surface area contributed by atoms with Crippen molar-refractivity contribution >= 4 is 22.3 Å². The number of nitrogens with zero attached hydrogens (tertiary/aromatic N) is 1. The lowest BCUT2D eigenvalue weighted by atomic mass is 9.87. The number of rotatable bonds is 3. The number of hydrogen-bond donors (Lipinski definition) is 3. The molecule has 1 aliphatic carbocycles. The Hall–Kier alpha value is -1.81. The van der Waals surface area contributed by atoms with Crippen LogP contribution in [0, 0.1) is 5.92 Å². The van der Waals surface area contributed by atoms with Crippen molar-refractivity contribution in [1.82, 2.24) is 4.98 Å². The maximum absolute atomic E-state index is 9.73. The highest BCUT2D eigenvalue weighted by atomic mass is 16.3. The quantitative estimate of drug-likeness (QED) is 0.751. The molecule has 1 aliphatic rings. The molecule has 1 saturated carbocycles. The molecule has 2 atom stereocenters. The third-order valence-electron chi connectivity index (χ3n) is 4.14. The fraction of sp³-hybridized carbons (Fsp3) is 0.438. The van der Waals surface area contributed by atoms with Gasteiger partial charge in [0.05, 0.1) is 17.3 Å². The minimum Gasteiger partial charge on any atom is -0.397 e. The van der Waals surface area contributed by atoms with Crippen LogP contribution in [0.1, 0.15) is 25.7 Å². The fourth-order valence-electron chi connectivity index (χ4n) is 3.06. The molecule has 1 heterocycles. The molecule has 2 unspecified atom stereocenters. The number of aromatic nitrogens is 1. The second kappa shape index (κ2) is 5.67. The number of para-hydroxylation sites is 1. The first-order valence-electron chi connectivity index (χ1n) is 7.29. The minimum atomic E-state index is -0.125. The van der Waals surface area contributed by atoms with Crippen LogP contribution in [0.25, 0.3) is 10.9 Å². The zero-order valence-corrected chi connectivity index (χ0v) is 11.5. The van der Waals surface area contributed by atoms with Crippen LogP contribution in [0.4, 0.5) is 11.4 Å². The lowest BCUT2D eigenvalue weighted by Crippen LogP contribution is -2.25. The van der Waals surface area contributed by atoms with Gasteiger partial charge in [-0.3, -0.25) is 4.98 Å². The lowest BCUT2D eigenvalue weighted by molar-refractivity contribution is 0.105. The van der Waals surface area contributed by atoms with Gasteiger partial charge in [0.1, 0.15) is 0 Å². The summed E-state index contributed by atoms with van der Waals surface area (Å²) in [4.78, 5) is 4.34. The molecule has 1 aromatic carbocycles. The smallest absolute Gasteiger partial charge is 0.0951 e. The molecule has 20 heavy (non-hydrogen) atoms. The van der Waals surface area contributed by atoms with Gasteiger partial charge in [-0.25, -0.2) is 0 Å². The van der Waals surface area contributed by atoms with Crippen LogP contribution in [-0.4, -0.2) is 22.7 Å². The molecular formula is C16H21N3O. The van der Waals surface area contributed by atoms with Crippen LogP contribution in [0.2, 0.25) is 0 Å². The van der Waals surface area contributed by atoms with E-state index in [2.05, 4.69) is 10.3 Å². The Morgan fingerprint density at radius 2 is 2.20 bits per heavy atom. The molecule has 2 aromatic rings. The normalized spacial score (nSPS) is 22.9. The van der Waals surface area contributed by atoms with Crippen molar-refractivity contribution in [1.29, 1.82) is 0 Å². The number of benzene rings is 1. The first-order valence-corrected chi connectivity index (χ1v) is 7.29. The summed E-state index contributed by atoms with van der Waals surface area (Å²) < 4.78 is 0. The number of nitrogen functional groups attached to an aromatic ring is 1. The van der Waals surface area contributed by atoms with Crippen molar-refractivity contribution < 1.29 is 5.11 Å². The van der Waals surface area contributed by atoms with E-state index < -0.39 is 0 Å². The van der Waals surface area contributed by atoms with Crippen LogP contribution < -0.4 is 11.1 Å². The van der Waals surface area contributed by atoms with Gasteiger partial charge in [-0.05, 0) is 37.3 Å². The van der Waals surface area contributed by atoms with Crippen LogP contribution in [0.5, 0.6) is 0 Å². The van der Waals surface area contributed by atoms with Crippen molar-refractivity contribution in [3.63, 3.8) is 0 Å². The van der Waals surface area contributed by atoms with Crippen molar-refractivity contribution in [3.8, 4) is 0 Å². The molecule has 4 nitrogen and oxygen atoms in total. The summed E-state index contributed by atoms with van der Waals surface area (Å²) in [7, 11) is 0. The summed E-state index contributed by atoms with van der Waals surface area (Å²) in [5.41, 5.74) is 8.59. The Morgan fingerprint density at radius 1 is 1.30 bits per heavy atom. The average Bonchev–Trinajstić information content (AvgIpc) is 2.46. The van der Waals surface area contributed by atoms with Gasteiger partial charge >= 0.3 is 0 Å². The molecule has 1 fully saturated rings. The van der Waals surface area contributed by atoms with E-state index in [0.29, 0.717) is 11.6 Å². The summed E-state index contributed by atoms with van der Waals surface area (Å²) in [5.74, 6) is 0.544. The first-order chi connectivity index (χ1) is 9.74. The van der Waals surface area contributed by atoms with Crippen molar-refractivity contribution in [2.24, 2.45) is 5.92 Å². The molecule has 4 N–H and O–H groups in total. The predicted octanol–water partition coefficient (Wildman–Crippen LogP) is 2.78. The third kappa shape index (κ3) is 2.70. The Labute approximate surface area is 119 Å². The molecule has 1 aromatic heterocycles. The monoisotopic (exact) mass is 271 g/mol. The highest BCUT2D eigenvalue weighted by Gasteiger charge is 2.20. The molecule has 0 saturated heterocycles. The molecule has 0 bridgehead atoms. The first kappa shape index (κ1) is 13.2. The predicted molar refractivity (Wildman–Crippen MR) is 82.6 cm³/mol. The Balaban J connectivity index is 1.76. The number of fused-ring (bicyclic) bond motifs is 1. The maximum Gasteiger partial charge on any atom is 0.0951 e. The average molecular weight is 271 g/mol. The summed E-state index contributed by atoms with van der Waals surface area (Å²) in [5, 5.41) is 14.3. The Morgan fingerprint density at radius 3 is 3.05 bits per heavy atom. The van der Waals surface area contributed by atoms with Crippen molar-refractivity contribution in [3.05, 3.63) is 30.5 Å². The minimum absolute atomic E-state index is 0.125. The maximum atomic E-state index is 9.73. The van der Waals surface area contributed by atoms with E-state index in [4.69, 9.17) is 5.73 Å². The fourth-order valence-corrected chi connectivity index (χ4v) is 3.06. The molecule has 106 valence electrons. The number of aliphatic hydroxyl groups is 1. The Kier molecular flexibility index (Phi) is 3.74. The zero-order valence-electron chi connectivity index (χ0n) is 11.5. The van der Waals surface area contributed by atoms with E-state index >= 15 is 0 Å². The second-order valence-corrected chi connectivity index (χ2v) is 5.67. The van der Waals surface area contributed by atoms with Gasteiger partial charge in [0.15, 0.2) is 0 Å². The van der Waals surface area contributed by atoms with Crippen LogP contribution in [0.15, 0.2) is 30.5 Å². The van der Waals surface area contributed by atoms with E-state index in [1.165, 1.54) is 6.42 Å². The van der Waals surface area contributed by atoms with E-state index in [9.17, 15) is 5.11 Å². The molecule has 3 rings (SSSR count). The molecule has 0 radical (unpaired) electrons. The number of nitrogens with one attached hydrogen (secondary N) is 1. The van der Waals surface area contributed by atoms with E-state index in [0.717, 1.165) is 42.4 Å². The summed E-state index contributed by atoms with van der Waals surface area (Å²) in [6, 6.07) is 7.85. The second-order valence-electron chi connectivity index (χ2n) is 5.67. The number of hydrogen-bond acceptors (Lipinski definition) is 4.